The summed E-state index contributed by atoms with van der Waals surface area (Å²) in [6.07, 6.45) is -1.58. The summed E-state index contributed by atoms with van der Waals surface area (Å²) >= 11 is 0. The standard InChI is InChI=1S/C20H18F3N9O3/c21-20(22,23)11-1-6-15(31-8-7-26-29-31)14(9-11)28-19(34)27-12-2-4-13(5-3-12)30-10-32(35)16(17(30)24)18(25)33/h1-9,24,26,29H,10H2,(H2,25,33)(H2,27,28,34). The fourth-order valence-corrected chi connectivity index (χ4v) is 3.39. The van der Waals surface area contributed by atoms with Crippen molar-refractivity contribution in [2.24, 2.45) is 5.73 Å². The summed E-state index contributed by atoms with van der Waals surface area (Å²) in [5.41, 5.74) is 9.87. The van der Waals surface area contributed by atoms with Gasteiger partial charge in [0.1, 0.15) is 0 Å². The van der Waals surface area contributed by atoms with Gasteiger partial charge < -0.3 is 27.0 Å². The first kappa shape index (κ1) is 23.4. The second-order valence-corrected chi connectivity index (χ2v) is 7.31. The van der Waals surface area contributed by atoms with Crippen LogP contribution in [0.3, 0.4) is 0 Å². The summed E-state index contributed by atoms with van der Waals surface area (Å²) in [5, 5.41) is 26.1. The zero-order chi connectivity index (χ0) is 25.3. The minimum atomic E-state index is -4.61. The van der Waals surface area contributed by atoms with Crippen LogP contribution in [0.2, 0.25) is 0 Å². The van der Waals surface area contributed by atoms with Gasteiger partial charge in [-0.25, -0.2) is 4.79 Å². The van der Waals surface area contributed by atoms with Crippen LogP contribution in [0.25, 0.3) is 0 Å². The number of hydroxylamine groups is 1. The molecule has 2 aromatic carbocycles. The Kier molecular flexibility index (Phi) is 5.92. The van der Waals surface area contributed by atoms with Crippen LogP contribution in [0.15, 0.2) is 54.9 Å². The lowest BCUT2D eigenvalue weighted by molar-refractivity contribution is -0.446. The van der Waals surface area contributed by atoms with E-state index in [0.717, 1.165) is 12.1 Å². The van der Waals surface area contributed by atoms with E-state index in [0.29, 0.717) is 10.4 Å². The van der Waals surface area contributed by atoms with Gasteiger partial charge in [0.05, 0.1) is 16.9 Å². The van der Waals surface area contributed by atoms with E-state index in [9.17, 15) is 28.0 Å². The molecule has 2 aromatic rings. The predicted octanol–water partition coefficient (Wildman–Crippen LogP) is 1.84. The number of alkyl halides is 3. The molecule has 2 aliphatic heterocycles. The molecule has 4 rings (SSSR count). The van der Waals surface area contributed by atoms with E-state index in [2.05, 4.69) is 21.6 Å². The molecule has 2 aliphatic rings. The summed E-state index contributed by atoms with van der Waals surface area (Å²) in [6.45, 7) is -0.309. The van der Waals surface area contributed by atoms with Gasteiger partial charge in [-0.2, -0.15) is 17.9 Å². The number of hydrogen-bond acceptors (Lipinski definition) is 7. The van der Waals surface area contributed by atoms with Gasteiger partial charge in [0, 0.05) is 23.8 Å². The van der Waals surface area contributed by atoms with Crippen LogP contribution >= 0.6 is 0 Å². The van der Waals surface area contributed by atoms with Crippen LogP contribution in [0, 0.1) is 10.6 Å². The molecule has 0 saturated carbocycles. The zero-order valence-electron chi connectivity index (χ0n) is 17.7. The van der Waals surface area contributed by atoms with Gasteiger partial charge in [0.25, 0.3) is 0 Å². The maximum atomic E-state index is 13.2. The lowest BCUT2D eigenvalue weighted by Crippen LogP contribution is -2.36. The lowest BCUT2D eigenvalue weighted by Gasteiger charge is -2.21. The van der Waals surface area contributed by atoms with Crippen LogP contribution in [0.4, 0.5) is 40.7 Å². The van der Waals surface area contributed by atoms with Crippen molar-refractivity contribution >= 4 is 46.2 Å². The van der Waals surface area contributed by atoms with Gasteiger partial charge in [-0.05, 0) is 42.5 Å². The van der Waals surface area contributed by atoms with E-state index in [1.54, 1.807) is 0 Å². The number of amides is 3. The molecular formula is C20H18F3N9O3. The molecule has 3 amide bonds. The number of carbonyl (C=O) groups excluding carboxylic acids is 2. The Hall–Kier alpha value is -4.79. The van der Waals surface area contributed by atoms with Gasteiger partial charge in [0.15, 0.2) is 0 Å². The van der Waals surface area contributed by atoms with E-state index >= 15 is 0 Å². The van der Waals surface area contributed by atoms with Crippen molar-refractivity contribution in [3.8, 4) is 0 Å². The molecule has 0 radical (unpaired) electrons. The average molecular weight is 489 g/mol. The second kappa shape index (κ2) is 8.86. The SMILES string of the molecule is N=C1C(C(N)=O)=[N+]([O-])CN1c1ccc(NC(=O)Nc2cc(C(F)(F)F)ccc2N2C=CNN2)cc1. The minimum absolute atomic E-state index is 0.106. The van der Waals surface area contributed by atoms with Crippen molar-refractivity contribution in [1.29, 1.82) is 5.41 Å². The zero-order valence-corrected chi connectivity index (χ0v) is 17.7. The molecule has 0 spiro atoms. The Morgan fingerprint density at radius 2 is 1.86 bits per heavy atom. The first-order valence-electron chi connectivity index (χ1n) is 9.89. The molecule has 0 atom stereocenters. The van der Waals surface area contributed by atoms with Gasteiger partial charge >= 0.3 is 23.8 Å². The summed E-state index contributed by atoms with van der Waals surface area (Å²) < 4.78 is 39.9. The third kappa shape index (κ3) is 4.79. The fourth-order valence-electron chi connectivity index (χ4n) is 3.39. The van der Waals surface area contributed by atoms with E-state index in [4.69, 9.17) is 11.1 Å². The number of anilines is 4. The Labute approximate surface area is 195 Å². The highest BCUT2D eigenvalue weighted by molar-refractivity contribution is 6.66. The average Bonchev–Trinajstić information content (AvgIpc) is 3.41. The lowest BCUT2D eigenvalue weighted by atomic mass is 10.1. The van der Waals surface area contributed by atoms with Crippen molar-refractivity contribution in [3.05, 3.63) is 65.6 Å². The largest absolute Gasteiger partial charge is 0.622 e. The van der Waals surface area contributed by atoms with Crippen molar-refractivity contribution in [1.82, 2.24) is 11.0 Å². The molecule has 0 fully saturated rings. The van der Waals surface area contributed by atoms with Gasteiger partial charge in [-0.1, -0.05) is 0 Å². The van der Waals surface area contributed by atoms with E-state index in [-0.39, 0.29) is 29.6 Å². The van der Waals surface area contributed by atoms with Crippen molar-refractivity contribution in [2.75, 3.05) is 27.2 Å². The number of hydrazine groups is 2. The number of carbonyl (C=O) groups is 2. The number of halogens is 3. The summed E-state index contributed by atoms with van der Waals surface area (Å²) in [4.78, 5) is 25.1. The number of benzene rings is 2. The van der Waals surface area contributed by atoms with Crippen LogP contribution in [-0.4, -0.2) is 34.9 Å². The molecule has 15 heteroatoms. The second-order valence-electron chi connectivity index (χ2n) is 7.31. The molecular weight excluding hydrogens is 471 g/mol. The number of nitrogens with one attached hydrogen (secondary N) is 5. The highest BCUT2D eigenvalue weighted by atomic mass is 19.4. The molecule has 35 heavy (non-hydrogen) atoms. The number of nitrogens with two attached hydrogens (primary N) is 1. The Balaban J connectivity index is 1.48. The smallest absolute Gasteiger partial charge is 0.416 e. The predicted molar refractivity (Wildman–Crippen MR) is 121 cm³/mol. The molecule has 7 N–H and O–H groups in total. The maximum absolute atomic E-state index is 13.2. The van der Waals surface area contributed by atoms with Crippen LogP contribution in [0.1, 0.15) is 5.56 Å². The number of urea groups is 1. The topological polar surface area (TPSA) is 165 Å². The third-order valence-corrected chi connectivity index (χ3v) is 5.01. The first-order chi connectivity index (χ1) is 16.5. The van der Waals surface area contributed by atoms with Crippen LogP contribution < -0.4 is 37.2 Å². The number of rotatable bonds is 5. The Morgan fingerprint density at radius 3 is 2.43 bits per heavy atom. The maximum Gasteiger partial charge on any atom is 0.416 e. The fraction of sp³-hybridized carbons (Fsp3) is 0.100. The van der Waals surface area contributed by atoms with E-state index in [1.165, 1.54) is 52.6 Å². The molecule has 2 heterocycles. The molecule has 12 nitrogen and oxygen atoms in total. The van der Waals surface area contributed by atoms with Gasteiger partial charge in [-0.3, -0.25) is 20.1 Å². The van der Waals surface area contributed by atoms with Crippen molar-refractivity contribution < 1.29 is 27.5 Å². The molecule has 0 aliphatic carbocycles. The minimum Gasteiger partial charge on any atom is -0.622 e. The molecule has 0 aromatic heterocycles. The highest BCUT2D eigenvalue weighted by Crippen LogP contribution is 2.35. The number of primary amides is 1. The number of nitrogens with zero attached hydrogens (tertiary/aromatic N) is 3. The monoisotopic (exact) mass is 489 g/mol. The molecule has 0 unspecified atom stereocenters. The number of amidine groups is 1. The highest BCUT2D eigenvalue weighted by Gasteiger charge is 2.37. The quantitative estimate of drug-likeness (QED) is 0.275. The Bertz CT molecular complexity index is 1260. The van der Waals surface area contributed by atoms with Crippen LogP contribution in [0.5, 0.6) is 0 Å². The molecule has 0 saturated heterocycles. The Morgan fingerprint density at radius 1 is 1.14 bits per heavy atom. The summed E-state index contributed by atoms with van der Waals surface area (Å²) in [5.74, 6) is -1.38. The van der Waals surface area contributed by atoms with Crippen molar-refractivity contribution in [2.45, 2.75) is 6.18 Å². The van der Waals surface area contributed by atoms with E-state index in [1.807, 2.05) is 0 Å². The first-order valence-corrected chi connectivity index (χ1v) is 9.89. The molecule has 182 valence electrons. The molecule has 0 bridgehead atoms. The van der Waals surface area contributed by atoms with Crippen molar-refractivity contribution in [3.63, 3.8) is 0 Å². The van der Waals surface area contributed by atoms with E-state index < -0.39 is 29.4 Å². The van der Waals surface area contributed by atoms with Gasteiger partial charge in [0.2, 0.25) is 12.5 Å². The summed E-state index contributed by atoms with van der Waals surface area (Å²) in [6, 6.07) is 8.00. The van der Waals surface area contributed by atoms with Gasteiger partial charge in [-0.15, -0.1) is 5.53 Å². The summed E-state index contributed by atoms with van der Waals surface area (Å²) in [7, 11) is 0. The normalized spacial score (nSPS) is 15.5. The number of hydrogen-bond donors (Lipinski definition) is 6. The third-order valence-electron chi connectivity index (χ3n) is 5.01. The van der Waals surface area contributed by atoms with Crippen LogP contribution in [-0.2, 0) is 11.0 Å².